The van der Waals surface area contributed by atoms with Crippen LogP contribution in [-0.2, 0) is 5.54 Å². The van der Waals surface area contributed by atoms with Crippen LogP contribution >= 0.6 is 0 Å². The van der Waals surface area contributed by atoms with Gasteiger partial charge >= 0.3 is 0 Å². The SMILES string of the molecule is Cc1cc(O)ccc1-c1nc2ccccc2n1C(C)(C)C. The molecule has 0 aliphatic heterocycles. The fourth-order valence-corrected chi connectivity index (χ4v) is 2.78. The number of aromatic nitrogens is 2. The van der Waals surface area contributed by atoms with Gasteiger partial charge in [0.1, 0.15) is 11.6 Å². The largest absolute Gasteiger partial charge is 0.508 e. The Morgan fingerprint density at radius 1 is 1.05 bits per heavy atom. The Kier molecular flexibility index (Phi) is 3.01. The van der Waals surface area contributed by atoms with Gasteiger partial charge < -0.3 is 9.67 Å². The Labute approximate surface area is 124 Å². The summed E-state index contributed by atoms with van der Waals surface area (Å²) in [5.74, 6) is 1.23. The lowest BCUT2D eigenvalue weighted by Crippen LogP contribution is -2.22. The fourth-order valence-electron chi connectivity index (χ4n) is 2.78. The molecular weight excluding hydrogens is 260 g/mol. The summed E-state index contributed by atoms with van der Waals surface area (Å²) < 4.78 is 2.27. The van der Waals surface area contributed by atoms with Crippen LogP contribution in [0.5, 0.6) is 5.75 Å². The van der Waals surface area contributed by atoms with Crippen molar-refractivity contribution in [2.75, 3.05) is 0 Å². The van der Waals surface area contributed by atoms with Crippen LogP contribution in [0.15, 0.2) is 42.5 Å². The smallest absolute Gasteiger partial charge is 0.141 e. The van der Waals surface area contributed by atoms with Crippen molar-refractivity contribution in [3.8, 4) is 17.1 Å². The summed E-state index contributed by atoms with van der Waals surface area (Å²) in [5, 5.41) is 9.63. The van der Waals surface area contributed by atoms with E-state index in [0.717, 1.165) is 28.0 Å². The minimum Gasteiger partial charge on any atom is -0.508 e. The third-order valence-corrected chi connectivity index (χ3v) is 3.68. The summed E-state index contributed by atoms with van der Waals surface area (Å²) >= 11 is 0. The zero-order valence-electron chi connectivity index (χ0n) is 12.9. The molecule has 0 aliphatic rings. The highest BCUT2D eigenvalue weighted by molar-refractivity contribution is 5.81. The predicted molar refractivity (Wildman–Crippen MR) is 86.6 cm³/mol. The maximum Gasteiger partial charge on any atom is 0.141 e. The number of benzene rings is 2. The molecule has 3 aromatic rings. The first-order valence-corrected chi connectivity index (χ1v) is 7.16. The van der Waals surface area contributed by atoms with Gasteiger partial charge in [0.15, 0.2) is 0 Å². The van der Waals surface area contributed by atoms with E-state index >= 15 is 0 Å². The van der Waals surface area contributed by atoms with E-state index in [1.54, 1.807) is 12.1 Å². The lowest BCUT2D eigenvalue weighted by Gasteiger charge is -2.25. The second kappa shape index (κ2) is 4.62. The fraction of sp³-hybridized carbons (Fsp3) is 0.278. The zero-order chi connectivity index (χ0) is 15.2. The molecule has 0 spiro atoms. The van der Waals surface area contributed by atoms with E-state index in [0.29, 0.717) is 0 Å². The molecule has 0 radical (unpaired) electrons. The topological polar surface area (TPSA) is 38.1 Å². The van der Waals surface area contributed by atoms with Gasteiger partial charge in [-0.15, -0.1) is 0 Å². The summed E-state index contributed by atoms with van der Waals surface area (Å²) in [6, 6.07) is 13.6. The van der Waals surface area contributed by atoms with Gasteiger partial charge in [0.05, 0.1) is 11.0 Å². The Balaban J connectivity index is 2.37. The third kappa shape index (κ3) is 2.29. The van der Waals surface area contributed by atoms with Crippen LogP contribution in [0.3, 0.4) is 0 Å². The van der Waals surface area contributed by atoms with Crippen LogP contribution in [0.4, 0.5) is 0 Å². The number of para-hydroxylation sites is 2. The van der Waals surface area contributed by atoms with Crippen LogP contribution in [0, 0.1) is 6.92 Å². The first-order chi connectivity index (χ1) is 9.88. The number of nitrogens with zero attached hydrogens (tertiary/aromatic N) is 2. The van der Waals surface area contributed by atoms with Crippen LogP contribution in [0.1, 0.15) is 26.3 Å². The van der Waals surface area contributed by atoms with Crippen molar-refractivity contribution in [2.24, 2.45) is 0 Å². The molecule has 108 valence electrons. The van der Waals surface area contributed by atoms with Crippen molar-refractivity contribution in [1.82, 2.24) is 9.55 Å². The van der Waals surface area contributed by atoms with Crippen LogP contribution in [-0.4, -0.2) is 14.7 Å². The minimum atomic E-state index is -0.0736. The summed E-state index contributed by atoms with van der Waals surface area (Å²) in [5.41, 5.74) is 4.13. The van der Waals surface area contributed by atoms with Gasteiger partial charge in [0.2, 0.25) is 0 Å². The molecule has 0 aliphatic carbocycles. The predicted octanol–water partition coefficient (Wildman–Crippen LogP) is 4.47. The number of phenols is 1. The molecule has 1 heterocycles. The van der Waals surface area contributed by atoms with E-state index in [1.807, 2.05) is 31.2 Å². The second-order valence-electron chi connectivity index (χ2n) is 6.43. The number of aryl methyl sites for hydroxylation is 1. The molecule has 1 N–H and O–H groups in total. The van der Waals surface area contributed by atoms with Crippen molar-refractivity contribution >= 4 is 11.0 Å². The van der Waals surface area contributed by atoms with E-state index in [4.69, 9.17) is 4.98 Å². The minimum absolute atomic E-state index is 0.0736. The molecule has 0 saturated carbocycles. The summed E-state index contributed by atoms with van der Waals surface area (Å²) in [7, 11) is 0. The van der Waals surface area contributed by atoms with Gasteiger partial charge in [0.25, 0.3) is 0 Å². The lowest BCUT2D eigenvalue weighted by atomic mass is 10.0. The summed E-state index contributed by atoms with van der Waals surface area (Å²) in [4.78, 5) is 4.82. The molecular formula is C18H20N2O. The summed E-state index contributed by atoms with van der Waals surface area (Å²) in [6.07, 6.45) is 0. The first kappa shape index (κ1) is 13.7. The van der Waals surface area contributed by atoms with Crippen LogP contribution < -0.4 is 0 Å². The normalized spacial score (nSPS) is 12.0. The molecule has 2 aromatic carbocycles. The highest BCUT2D eigenvalue weighted by atomic mass is 16.3. The van der Waals surface area contributed by atoms with E-state index in [1.165, 1.54) is 0 Å². The molecule has 0 bridgehead atoms. The molecule has 3 nitrogen and oxygen atoms in total. The highest BCUT2D eigenvalue weighted by Gasteiger charge is 2.22. The first-order valence-electron chi connectivity index (χ1n) is 7.16. The van der Waals surface area contributed by atoms with Gasteiger partial charge in [0, 0.05) is 11.1 Å². The quantitative estimate of drug-likeness (QED) is 0.714. The number of hydrogen-bond donors (Lipinski definition) is 1. The maximum absolute atomic E-state index is 9.63. The average molecular weight is 280 g/mol. The molecule has 3 heteroatoms. The van der Waals surface area contributed by atoms with Crippen LogP contribution in [0.25, 0.3) is 22.4 Å². The molecule has 0 saturated heterocycles. The highest BCUT2D eigenvalue weighted by Crippen LogP contribution is 2.33. The number of aromatic hydroxyl groups is 1. The maximum atomic E-state index is 9.63. The number of rotatable bonds is 1. The van der Waals surface area contributed by atoms with Crippen molar-refractivity contribution in [3.05, 3.63) is 48.0 Å². The number of hydrogen-bond acceptors (Lipinski definition) is 2. The zero-order valence-corrected chi connectivity index (χ0v) is 12.9. The molecule has 0 amide bonds. The molecule has 0 atom stereocenters. The van der Waals surface area contributed by atoms with Gasteiger partial charge in [-0.2, -0.15) is 0 Å². The van der Waals surface area contributed by atoms with E-state index in [-0.39, 0.29) is 11.3 Å². The Morgan fingerprint density at radius 3 is 2.43 bits per heavy atom. The Hall–Kier alpha value is -2.29. The Morgan fingerprint density at radius 2 is 1.76 bits per heavy atom. The van der Waals surface area contributed by atoms with E-state index in [9.17, 15) is 5.11 Å². The molecule has 21 heavy (non-hydrogen) atoms. The van der Waals surface area contributed by atoms with Gasteiger partial charge in [-0.3, -0.25) is 0 Å². The third-order valence-electron chi connectivity index (χ3n) is 3.68. The average Bonchev–Trinajstić information content (AvgIpc) is 2.77. The number of phenolic OH excluding ortho intramolecular Hbond substituents is 1. The molecule has 3 rings (SSSR count). The van der Waals surface area contributed by atoms with Gasteiger partial charge in [-0.05, 0) is 63.6 Å². The van der Waals surface area contributed by atoms with Gasteiger partial charge in [-0.25, -0.2) is 4.98 Å². The van der Waals surface area contributed by atoms with Gasteiger partial charge in [-0.1, -0.05) is 12.1 Å². The van der Waals surface area contributed by atoms with Crippen molar-refractivity contribution < 1.29 is 5.11 Å². The molecule has 1 aromatic heterocycles. The van der Waals surface area contributed by atoms with Crippen molar-refractivity contribution in [2.45, 2.75) is 33.2 Å². The standard InChI is InChI=1S/C18H20N2O/c1-12-11-13(21)9-10-14(12)17-19-15-7-5-6-8-16(15)20(17)18(2,3)4/h5-11,21H,1-4H3. The summed E-state index contributed by atoms with van der Waals surface area (Å²) in [6.45, 7) is 8.54. The second-order valence-corrected chi connectivity index (χ2v) is 6.43. The van der Waals surface area contributed by atoms with E-state index in [2.05, 4.69) is 31.4 Å². The monoisotopic (exact) mass is 280 g/mol. The van der Waals surface area contributed by atoms with E-state index < -0.39 is 0 Å². The molecule has 0 fully saturated rings. The molecule has 0 unspecified atom stereocenters. The van der Waals surface area contributed by atoms with Crippen LogP contribution in [0.2, 0.25) is 0 Å². The van der Waals surface area contributed by atoms with Crippen molar-refractivity contribution in [1.29, 1.82) is 0 Å². The number of imidazole rings is 1. The number of fused-ring (bicyclic) bond motifs is 1. The van der Waals surface area contributed by atoms with Crippen molar-refractivity contribution in [3.63, 3.8) is 0 Å². The Bertz CT molecular complexity index is 810. The lowest BCUT2D eigenvalue weighted by molar-refractivity contribution is 0.413.